The summed E-state index contributed by atoms with van der Waals surface area (Å²) in [4.78, 5) is 26.4. The van der Waals surface area contributed by atoms with Crippen molar-refractivity contribution < 1.29 is 38.7 Å². The zero-order valence-electron chi connectivity index (χ0n) is 27.7. The third-order valence-corrected chi connectivity index (χ3v) is 7.94. The number of methoxy groups -OCH3 is 2. The Morgan fingerprint density at radius 3 is 1.27 bits per heavy atom. The summed E-state index contributed by atoms with van der Waals surface area (Å²) in [5.41, 5.74) is 2.85. The molecule has 10 heteroatoms. The largest absolute Gasteiger partial charge is 0.508 e. The Bertz CT molecular complexity index is 1490. The molecule has 0 fully saturated rings. The van der Waals surface area contributed by atoms with Gasteiger partial charge in [-0.05, 0) is 74.2 Å². The van der Waals surface area contributed by atoms with Gasteiger partial charge in [-0.3, -0.25) is 0 Å². The molecule has 4 aromatic rings. The van der Waals surface area contributed by atoms with Gasteiger partial charge in [-0.1, -0.05) is 60.7 Å². The number of hydrogen-bond donors (Lipinski definition) is 4. The van der Waals surface area contributed by atoms with E-state index in [4.69, 9.17) is 18.9 Å². The molecule has 4 unspecified atom stereocenters. The van der Waals surface area contributed by atoms with Crippen LogP contribution in [0.15, 0.2) is 97.1 Å². The highest BCUT2D eigenvalue weighted by atomic mass is 16.6. The standard InChI is InChI=1S/C38H44N2O8/c1-25(21-27-13-17-29(45-3)18-14-27)39-23-35(31-9-5-7-11-33(31)41)47-37(43)38(44)48-36(32-10-6-8-12-34(32)42)24-40-26(2)22-28-15-19-30(46-4)20-16-28/h5-20,25-26,35-36,39-42H,21-24H2,1-4H3. The number of esters is 2. The lowest BCUT2D eigenvalue weighted by Gasteiger charge is -2.24. The summed E-state index contributed by atoms with van der Waals surface area (Å²) in [6.45, 7) is 4.23. The fourth-order valence-electron chi connectivity index (χ4n) is 5.30. The monoisotopic (exact) mass is 656 g/mol. The van der Waals surface area contributed by atoms with Crippen molar-refractivity contribution in [2.45, 2.75) is 51.0 Å². The van der Waals surface area contributed by atoms with E-state index < -0.39 is 24.1 Å². The van der Waals surface area contributed by atoms with Crippen molar-refractivity contribution in [3.05, 3.63) is 119 Å². The number of phenols is 2. The van der Waals surface area contributed by atoms with Crippen molar-refractivity contribution in [1.82, 2.24) is 10.6 Å². The highest BCUT2D eigenvalue weighted by Gasteiger charge is 2.29. The van der Waals surface area contributed by atoms with Crippen molar-refractivity contribution >= 4 is 11.9 Å². The summed E-state index contributed by atoms with van der Waals surface area (Å²) >= 11 is 0. The number of aromatic hydroxyl groups is 2. The van der Waals surface area contributed by atoms with Crippen LogP contribution in [0.3, 0.4) is 0 Å². The smallest absolute Gasteiger partial charge is 0.418 e. The van der Waals surface area contributed by atoms with Gasteiger partial charge in [0.1, 0.15) is 35.2 Å². The van der Waals surface area contributed by atoms with E-state index in [1.165, 1.54) is 12.1 Å². The van der Waals surface area contributed by atoms with Crippen molar-refractivity contribution in [3.63, 3.8) is 0 Å². The molecule has 4 atom stereocenters. The molecule has 0 spiro atoms. The normalized spacial score (nSPS) is 13.5. The Hall–Kier alpha value is -5.06. The average molecular weight is 657 g/mol. The van der Waals surface area contributed by atoms with Crippen LogP contribution in [0.25, 0.3) is 0 Å². The van der Waals surface area contributed by atoms with Gasteiger partial charge in [0.15, 0.2) is 0 Å². The summed E-state index contributed by atoms with van der Waals surface area (Å²) < 4.78 is 21.8. The zero-order chi connectivity index (χ0) is 34.5. The maximum atomic E-state index is 13.2. The van der Waals surface area contributed by atoms with Crippen LogP contribution in [0.5, 0.6) is 23.0 Å². The van der Waals surface area contributed by atoms with E-state index in [-0.39, 0.29) is 36.7 Å². The number of phenolic OH excluding ortho intramolecular Hbond substituents is 2. The second-order valence-electron chi connectivity index (χ2n) is 11.6. The Morgan fingerprint density at radius 2 is 0.938 bits per heavy atom. The second-order valence-corrected chi connectivity index (χ2v) is 11.6. The second kappa shape index (κ2) is 17.7. The average Bonchev–Trinajstić information content (AvgIpc) is 3.09. The lowest BCUT2D eigenvalue weighted by atomic mass is 10.0. The van der Waals surface area contributed by atoms with E-state index in [1.54, 1.807) is 50.6 Å². The van der Waals surface area contributed by atoms with E-state index >= 15 is 0 Å². The highest BCUT2D eigenvalue weighted by Crippen LogP contribution is 2.29. The van der Waals surface area contributed by atoms with E-state index in [9.17, 15) is 19.8 Å². The number of hydrogen-bond acceptors (Lipinski definition) is 10. The van der Waals surface area contributed by atoms with Gasteiger partial charge in [0.25, 0.3) is 0 Å². The predicted octanol–water partition coefficient (Wildman–Crippen LogP) is 5.43. The van der Waals surface area contributed by atoms with Crippen LogP contribution in [0.2, 0.25) is 0 Å². The molecule has 48 heavy (non-hydrogen) atoms. The van der Waals surface area contributed by atoms with Crippen LogP contribution >= 0.6 is 0 Å². The number of para-hydroxylation sites is 2. The molecule has 0 heterocycles. The molecule has 4 rings (SSSR count). The molecular formula is C38H44N2O8. The van der Waals surface area contributed by atoms with E-state index in [2.05, 4.69) is 10.6 Å². The third kappa shape index (κ3) is 10.5. The number of carbonyl (C=O) groups is 2. The molecule has 0 saturated carbocycles. The Labute approximate surface area is 281 Å². The van der Waals surface area contributed by atoms with E-state index in [1.807, 2.05) is 62.4 Å². The van der Waals surface area contributed by atoms with E-state index in [0.29, 0.717) is 24.0 Å². The van der Waals surface area contributed by atoms with Crippen LogP contribution in [0.1, 0.15) is 48.3 Å². The van der Waals surface area contributed by atoms with Crippen LogP contribution in [0.4, 0.5) is 0 Å². The van der Waals surface area contributed by atoms with Gasteiger partial charge in [0.05, 0.1) is 14.2 Å². The minimum Gasteiger partial charge on any atom is -0.508 e. The van der Waals surface area contributed by atoms with Crippen LogP contribution in [-0.4, -0.2) is 61.5 Å². The fourth-order valence-corrected chi connectivity index (χ4v) is 5.30. The summed E-state index contributed by atoms with van der Waals surface area (Å²) in [6.07, 6.45) is -0.620. The van der Waals surface area contributed by atoms with Gasteiger partial charge < -0.3 is 39.8 Å². The minimum absolute atomic E-state index is 0.0335. The summed E-state index contributed by atoms with van der Waals surface area (Å²) in [6, 6.07) is 28.4. The van der Waals surface area contributed by atoms with Gasteiger partial charge >= 0.3 is 11.9 Å². The molecule has 4 N–H and O–H groups in total. The lowest BCUT2D eigenvalue weighted by molar-refractivity contribution is -0.174. The molecule has 254 valence electrons. The number of rotatable bonds is 16. The fraction of sp³-hybridized carbons (Fsp3) is 0.316. The minimum atomic E-state index is -1.22. The Kier molecular flexibility index (Phi) is 13.2. The molecule has 0 aliphatic carbocycles. The number of nitrogens with one attached hydrogen (secondary N) is 2. The molecule has 0 aliphatic heterocycles. The first kappa shape index (κ1) is 35.8. The molecular weight excluding hydrogens is 612 g/mol. The molecule has 10 nitrogen and oxygen atoms in total. The van der Waals surface area contributed by atoms with Gasteiger partial charge in [-0.25, -0.2) is 9.59 Å². The van der Waals surface area contributed by atoms with Gasteiger partial charge in [-0.2, -0.15) is 0 Å². The molecule has 0 bridgehead atoms. The van der Waals surface area contributed by atoms with Crippen LogP contribution in [0, 0.1) is 0 Å². The van der Waals surface area contributed by atoms with Crippen molar-refractivity contribution in [2.75, 3.05) is 27.3 Å². The third-order valence-electron chi connectivity index (χ3n) is 7.94. The zero-order valence-corrected chi connectivity index (χ0v) is 27.7. The first-order chi connectivity index (χ1) is 23.2. The molecule has 0 saturated heterocycles. The predicted molar refractivity (Wildman–Crippen MR) is 182 cm³/mol. The first-order valence-electron chi connectivity index (χ1n) is 15.9. The summed E-state index contributed by atoms with van der Waals surface area (Å²) in [5.74, 6) is -1.06. The molecule has 4 aromatic carbocycles. The van der Waals surface area contributed by atoms with Crippen molar-refractivity contribution in [2.24, 2.45) is 0 Å². The van der Waals surface area contributed by atoms with E-state index in [0.717, 1.165) is 22.6 Å². The lowest BCUT2D eigenvalue weighted by Crippen LogP contribution is -2.36. The molecule has 0 aliphatic rings. The maximum Gasteiger partial charge on any atom is 0.418 e. The number of carbonyl (C=O) groups excluding carboxylic acids is 2. The topological polar surface area (TPSA) is 136 Å². The molecule has 0 radical (unpaired) electrons. The van der Waals surface area contributed by atoms with Gasteiger partial charge in [-0.15, -0.1) is 0 Å². The Balaban J connectivity index is 1.42. The first-order valence-corrected chi connectivity index (χ1v) is 15.9. The molecule has 0 aromatic heterocycles. The number of benzene rings is 4. The quantitative estimate of drug-likeness (QED) is 0.0914. The molecule has 0 amide bonds. The summed E-state index contributed by atoms with van der Waals surface area (Å²) in [5, 5.41) is 27.8. The van der Waals surface area contributed by atoms with Crippen LogP contribution in [-0.2, 0) is 31.9 Å². The van der Waals surface area contributed by atoms with Crippen molar-refractivity contribution in [3.8, 4) is 23.0 Å². The van der Waals surface area contributed by atoms with Crippen molar-refractivity contribution in [1.29, 1.82) is 0 Å². The number of ether oxygens (including phenoxy) is 4. The van der Waals surface area contributed by atoms with Gasteiger partial charge in [0.2, 0.25) is 0 Å². The SMILES string of the molecule is COc1ccc(CC(C)NCC(OC(=O)C(=O)OC(CNC(C)Cc2ccc(OC)cc2)c2ccccc2O)c2ccccc2O)cc1. The summed E-state index contributed by atoms with van der Waals surface area (Å²) in [7, 11) is 3.23. The van der Waals surface area contributed by atoms with Gasteiger partial charge in [0, 0.05) is 36.3 Å². The highest BCUT2D eigenvalue weighted by molar-refractivity contribution is 6.29. The van der Waals surface area contributed by atoms with Crippen LogP contribution < -0.4 is 20.1 Å². The maximum absolute atomic E-state index is 13.2. The Morgan fingerprint density at radius 1 is 0.583 bits per heavy atom.